The van der Waals surface area contributed by atoms with E-state index in [2.05, 4.69) is 31.9 Å². The third-order valence-corrected chi connectivity index (χ3v) is 4.93. The van der Waals surface area contributed by atoms with Gasteiger partial charge in [0.2, 0.25) is 5.91 Å². The highest BCUT2D eigenvalue weighted by Gasteiger charge is 2.21. The number of aromatic nitrogens is 1. The first-order valence-corrected chi connectivity index (χ1v) is 10.1. The van der Waals surface area contributed by atoms with Gasteiger partial charge in [0.15, 0.2) is 5.75 Å². The fourth-order valence-corrected chi connectivity index (χ4v) is 4.00. The van der Waals surface area contributed by atoms with Crippen molar-refractivity contribution in [3.8, 4) is 11.5 Å². The highest BCUT2D eigenvalue weighted by atomic mass is 79.9. The van der Waals surface area contributed by atoms with Crippen molar-refractivity contribution in [2.24, 2.45) is 0 Å². The molecular weight excluding hydrogens is 502 g/mol. The van der Waals surface area contributed by atoms with Gasteiger partial charge in [-0.05, 0) is 37.9 Å². The minimum Gasteiger partial charge on any atom is -0.489 e. The minimum absolute atomic E-state index is 0.0195. The van der Waals surface area contributed by atoms with Crippen LogP contribution < -0.4 is 9.47 Å². The van der Waals surface area contributed by atoms with E-state index in [-0.39, 0.29) is 31.5 Å². The van der Waals surface area contributed by atoms with Crippen molar-refractivity contribution in [1.29, 1.82) is 0 Å². The number of aliphatic hydroxyl groups excluding tert-OH is 1. The van der Waals surface area contributed by atoms with Crippen molar-refractivity contribution in [3.63, 3.8) is 0 Å². The molecule has 0 aliphatic rings. The lowest BCUT2D eigenvalue weighted by Crippen LogP contribution is -2.12. The monoisotopic (exact) mass is 521 g/mol. The van der Waals surface area contributed by atoms with Crippen molar-refractivity contribution in [2.75, 3.05) is 39.6 Å². The van der Waals surface area contributed by atoms with Crippen LogP contribution in [0.1, 0.15) is 18.6 Å². The summed E-state index contributed by atoms with van der Waals surface area (Å²) < 4.78 is 24.1. The molecule has 0 saturated carbocycles. The van der Waals surface area contributed by atoms with Crippen molar-refractivity contribution < 1.29 is 33.6 Å². The van der Waals surface area contributed by atoms with Crippen LogP contribution in [0.3, 0.4) is 0 Å². The molecule has 1 N–H and O–H groups in total. The molecule has 0 spiro atoms. The summed E-state index contributed by atoms with van der Waals surface area (Å²) in [5.74, 6) is 0.0611. The van der Waals surface area contributed by atoms with Crippen LogP contribution in [0.5, 0.6) is 11.5 Å². The molecule has 154 valence electrons. The third-order valence-electron chi connectivity index (χ3n) is 3.58. The van der Waals surface area contributed by atoms with Crippen LogP contribution in [0.25, 0.3) is 10.9 Å². The summed E-state index contributed by atoms with van der Waals surface area (Å²) in [6.07, 6.45) is 1.48. The van der Waals surface area contributed by atoms with Gasteiger partial charge in [0, 0.05) is 13.8 Å². The average Bonchev–Trinajstić information content (AvgIpc) is 2.97. The van der Waals surface area contributed by atoms with Crippen molar-refractivity contribution in [2.45, 2.75) is 13.8 Å². The number of carbonyl (C=O) groups excluding carboxylic acids is 2. The number of hydrogen-bond acceptors (Lipinski definition) is 7. The summed E-state index contributed by atoms with van der Waals surface area (Å²) in [7, 11) is 0. The molecule has 0 aliphatic heterocycles. The Hall–Kier alpha value is -1.46. The minimum atomic E-state index is -0.489. The predicted molar refractivity (Wildman–Crippen MR) is 109 cm³/mol. The maximum atomic E-state index is 11.9. The van der Waals surface area contributed by atoms with Gasteiger partial charge in [-0.1, -0.05) is 0 Å². The number of rotatable bonds is 10. The molecular formula is C18H21Br2NO7. The highest BCUT2D eigenvalue weighted by molar-refractivity contribution is 9.11. The van der Waals surface area contributed by atoms with Crippen molar-refractivity contribution in [1.82, 2.24) is 4.57 Å². The fraction of sp³-hybridized carbons (Fsp3) is 0.444. The standard InChI is InChI=1S/C18H21Br2NO7/c1-11(23)21-10-15(28-12(2)24)16-14(21)9-13(19)18(17(16)20)27-8-7-26-6-5-25-4-3-22/h9-10,22H,3-8H2,1-2H3. The van der Waals surface area contributed by atoms with Gasteiger partial charge in [0.05, 0.1) is 59.1 Å². The van der Waals surface area contributed by atoms with E-state index >= 15 is 0 Å². The molecule has 0 radical (unpaired) electrons. The topological polar surface area (TPSA) is 96.2 Å². The lowest BCUT2D eigenvalue weighted by atomic mass is 10.2. The van der Waals surface area contributed by atoms with E-state index in [0.29, 0.717) is 45.4 Å². The van der Waals surface area contributed by atoms with Crippen LogP contribution >= 0.6 is 31.9 Å². The fourth-order valence-electron chi connectivity index (χ4n) is 2.48. The van der Waals surface area contributed by atoms with Crippen LogP contribution in [-0.2, 0) is 14.3 Å². The van der Waals surface area contributed by atoms with Gasteiger partial charge in [-0.15, -0.1) is 0 Å². The number of nitrogens with zero attached hydrogens (tertiary/aromatic N) is 1. The highest BCUT2D eigenvalue weighted by Crippen LogP contribution is 2.44. The Balaban J connectivity index is 2.16. The lowest BCUT2D eigenvalue weighted by Gasteiger charge is -2.13. The van der Waals surface area contributed by atoms with Gasteiger partial charge in [0.1, 0.15) is 12.4 Å². The number of fused-ring (bicyclic) bond motifs is 1. The van der Waals surface area contributed by atoms with Gasteiger partial charge in [-0.3, -0.25) is 14.2 Å². The second-order valence-electron chi connectivity index (χ2n) is 5.67. The maximum Gasteiger partial charge on any atom is 0.308 e. The molecule has 0 bridgehead atoms. The van der Waals surface area contributed by atoms with Gasteiger partial charge in [-0.25, -0.2) is 0 Å². The summed E-state index contributed by atoms with van der Waals surface area (Å²) in [6, 6.07) is 1.73. The van der Waals surface area contributed by atoms with E-state index in [1.54, 1.807) is 6.07 Å². The Morgan fingerprint density at radius 1 is 1.07 bits per heavy atom. The normalized spacial score (nSPS) is 11.0. The number of carbonyl (C=O) groups is 2. The summed E-state index contributed by atoms with van der Waals surface area (Å²) >= 11 is 6.94. The Kier molecular flexibility index (Phi) is 8.90. The molecule has 0 fully saturated rings. The predicted octanol–water partition coefficient (Wildman–Crippen LogP) is 3.16. The Labute approximate surface area is 178 Å². The van der Waals surface area contributed by atoms with Gasteiger partial charge >= 0.3 is 5.97 Å². The van der Waals surface area contributed by atoms with E-state index in [1.165, 1.54) is 24.6 Å². The van der Waals surface area contributed by atoms with Crippen molar-refractivity contribution >= 4 is 54.6 Å². The zero-order chi connectivity index (χ0) is 20.7. The van der Waals surface area contributed by atoms with Crippen molar-refractivity contribution in [3.05, 3.63) is 21.2 Å². The summed E-state index contributed by atoms with van der Waals surface area (Å²) in [5.41, 5.74) is 0.576. The van der Waals surface area contributed by atoms with E-state index in [1.807, 2.05) is 0 Å². The molecule has 8 nitrogen and oxygen atoms in total. The molecule has 2 rings (SSSR count). The second kappa shape index (κ2) is 10.9. The third kappa shape index (κ3) is 5.77. The average molecular weight is 523 g/mol. The zero-order valence-electron chi connectivity index (χ0n) is 15.5. The largest absolute Gasteiger partial charge is 0.489 e. The lowest BCUT2D eigenvalue weighted by molar-refractivity contribution is -0.131. The number of esters is 1. The molecule has 28 heavy (non-hydrogen) atoms. The Bertz CT molecular complexity index is 850. The number of aliphatic hydroxyl groups is 1. The zero-order valence-corrected chi connectivity index (χ0v) is 18.7. The molecule has 1 aromatic heterocycles. The van der Waals surface area contributed by atoms with Crippen LogP contribution in [0.15, 0.2) is 21.2 Å². The Morgan fingerprint density at radius 3 is 2.32 bits per heavy atom. The van der Waals surface area contributed by atoms with Crippen LogP contribution in [0.2, 0.25) is 0 Å². The van der Waals surface area contributed by atoms with E-state index in [9.17, 15) is 9.59 Å². The molecule has 0 amide bonds. The van der Waals surface area contributed by atoms with Crippen LogP contribution in [0, 0.1) is 0 Å². The second-order valence-corrected chi connectivity index (χ2v) is 7.32. The number of hydrogen-bond donors (Lipinski definition) is 1. The number of halogens is 2. The van der Waals surface area contributed by atoms with E-state index in [0.717, 1.165) is 0 Å². The molecule has 0 saturated heterocycles. The molecule has 0 atom stereocenters. The molecule has 1 aromatic carbocycles. The van der Waals surface area contributed by atoms with Crippen LogP contribution in [0.4, 0.5) is 0 Å². The SMILES string of the molecule is CC(=O)Oc1cn(C(C)=O)c2cc(Br)c(OCCOCCOCCO)c(Br)c12. The van der Waals surface area contributed by atoms with Gasteiger partial charge in [0.25, 0.3) is 0 Å². The molecule has 0 unspecified atom stereocenters. The maximum absolute atomic E-state index is 11.9. The van der Waals surface area contributed by atoms with Crippen LogP contribution in [-0.4, -0.2) is 61.2 Å². The number of benzene rings is 1. The number of ether oxygens (including phenoxy) is 4. The first-order chi connectivity index (χ1) is 13.4. The molecule has 0 aliphatic carbocycles. The first kappa shape index (κ1) is 22.8. The van der Waals surface area contributed by atoms with Gasteiger partial charge in [-0.2, -0.15) is 0 Å². The smallest absolute Gasteiger partial charge is 0.308 e. The van der Waals surface area contributed by atoms with E-state index < -0.39 is 5.97 Å². The van der Waals surface area contributed by atoms with E-state index in [4.69, 9.17) is 24.1 Å². The summed E-state index contributed by atoms with van der Waals surface area (Å²) in [5, 5.41) is 9.17. The summed E-state index contributed by atoms with van der Waals surface area (Å²) in [4.78, 5) is 23.3. The molecule has 2 aromatic rings. The van der Waals surface area contributed by atoms with Gasteiger partial charge < -0.3 is 24.1 Å². The summed E-state index contributed by atoms with van der Waals surface area (Å²) in [6.45, 7) is 4.38. The molecule has 10 heteroatoms. The quantitative estimate of drug-likeness (QED) is 0.378. The Morgan fingerprint density at radius 2 is 1.71 bits per heavy atom. The first-order valence-electron chi connectivity index (χ1n) is 8.48. The molecule has 1 heterocycles.